The van der Waals surface area contributed by atoms with Crippen LogP contribution < -0.4 is 5.73 Å². The Morgan fingerprint density at radius 3 is 2.65 bits per heavy atom. The molecule has 5 heteroatoms. The van der Waals surface area contributed by atoms with Gasteiger partial charge in [0.25, 0.3) is 0 Å². The normalized spacial score (nSPS) is 10.9. The van der Waals surface area contributed by atoms with Crippen LogP contribution in [0.2, 0.25) is 0 Å². The Hall–Kier alpha value is -2.17. The Morgan fingerprint density at radius 1 is 1.30 bits per heavy atom. The first-order valence-electron chi connectivity index (χ1n) is 6.80. The summed E-state index contributed by atoms with van der Waals surface area (Å²) in [6.45, 7) is 4.05. The lowest BCUT2D eigenvalue weighted by Gasteiger charge is -2.08. The van der Waals surface area contributed by atoms with E-state index in [9.17, 15) is 4.79 Å². The number of aromatic nitrogens is 3. The number of nitrogens with zero attached hydrogens (tertiary/aromatic N) is 3. The Kier molecular flexibility index (Phi) is 4.50. The fourth-order valence-electron chi connectivity index (χ4n) is 2.06. The van der Waals surface area contributed by atoms with Crippen LogP contribution >= 0.6 is 0 Å². The van der Waals surface area contributed by atoms with Crippen LogP contribution in [-0.2, 0) is 17.6 Å². The van der Waals surface area contributed by atoms with Crippen molar-refractivity contribution in [3.8, 4) is 0 Å². The summed E-state index contributed by atoms with van der Waals surface area (Å²) in [4.78, 5) is 16.2. The molecule has 0 aliphatic heterocycles. The van der Waals surface area contributed by atoms with Gasteiger partial charge in [-0.05, 0) is 38.0 Å². The zero-order valence-corrected chi connectivity index (χ0v) is 11.9. The molecule has 0 saturated heterocycles. The van der Waals surface area contributed by atoms with Gasteiger partial charge >= 0.3 is 0 Å². The molecule has 0 radical (unpaired) electrons. The average molecular weight is 272 g/mol. The molecule has 0 aliphatic carbocycles. The van der Waals surface area contributed by atoms with E-state index in [4.69, 9.17) is 5.73 Å². The highest BCUT2D eigenvalue weighted by molar-refractivity contribution is 5.80. The molecule has 0 spiro atoms. The van der Waals surface area contributed by atoms with Crippen molar-refractivity contribution in [3.63, 3.8) is 0 Å². The molecule has 0 bridgehead atoms. The van der Waals surface area contributed by atoms with Gasteiger partial charge in [-0.2, -0.15) is 5.10 Å². The summed E-state index contributed by atoms with van der Waals surface area (Å²) in [6.07, 6.45) is 3.08. The maximum atomic E-state index is 12.0. The molecule has 1 aromatic heterocycles. The molecule has 5 nitrogen and oxygen atoms in total. The maximum Gasteiger partial charge on any atom is 0.140 e. The monoisotopic (exact) mass is 272 g/mol. The van der Waals surface area contributed by atoms with Crippen LogP contribution in [0.1, 0.15) is 37.7 Å². The van der Waals surface area contributed by atoms with Crippen LogP contribution in [0.5, 0.6) is 0 Å². The molecule has 20 heavy (non-hydrogen) atoms. The molecule has 0 atom stereocenters. The molecule has 106 valence electrons. The molecule has 0 unspecified atom stereocenters. The molecule has 0 amide bonds. The highest BCUT2D eigenvalue weighted by Gasteiger charge is 2.12. The number of carbonyl (C=O) groups is 1. The van der Waals surface area contributed by atoms with E-state index in [0.717, 1.165) is 23.5 Å². The number of benzene rings is 1. The molecular formula is C15H20N4O. The Morgan fingerprint density at radius 2 is 2.00 bits per heavy atom. The lowest BCUT2D eigenvalue weighted by Crippen LogP contribution is -2.13. The van der Waals surface area contributed by atoms with Crippen LogP contribution in [0.4, 0.5) is 5.69 Å². The van der Waals surface area contributed by atoms with Crippen LogP contribution in [-0.4, -0.2) is 20.5 Å². The highest BCUT2D eigenvalue weighted by Crippen LogP contribution is 2.10. The summed E-state index contributed by atoms with van der Waals surface area (Å²) < 4.78 is 1.79. The van der Waals surface area contributed by atoms with Crippen molar-refractivity contribution in [3.05, 3.63) is 42.0 Å². The fourth-order valence-corrected chi connectivity index (χ4v) is 2.06. The molecule has 1 aromatic carbocycles. The van der Waals surface area contributed by atoms with Crippen molar-refractivity contribution in [1.29, 1.82) is 0 Å². The second-order valence-electron chi connectivity index (χ2n) is 5.17. The SMILES string of the molecule is CC(C)n1ncnc1CC(=O)CCc1ccc(N)cc1. The zero-order chi connectivity index (χ0) is 14.5. The number of nitrogens with two attached hydrogens (primary N) is 1. The van der Waals surface area contributed by atoms with Crippen molar-refractivity contribution in [2.45, 2.75) is 39.2 Å². The smallest absolute Gasteiger partial charge is 0.140 e. The average Bonchev–Trinajstić information content (AvgIpc) is 2.86. The summed E-state index contributed by atoms with van der Waals surface area (Å²) in [7, 11) is 0. The molecule has 1 heterocycles. The Bertz CT molecular complexity index is 572. The number of rotatable bonds is 6. The van der Waals surface area contributed by atoms with Crippen molar-refractivity contribution >= 4 is 11.5 Å². The number of Topliss-reactive ketones (excluding diaryl/α,β-unsaturated/α-hetero) is 1. The van der Waals surface area contributed by atoms with Crippen LogP contribution in [0.3, 0.4) is 0 Å². The van der Waals surface area contributed by atoms with E-state index in [1.807, 2.05) is 38.1 Å². The summed E-state index contributed by atoms with van der Waals surface area (Å²) in [5.41, 5.74) is 7.50. The van der Waals surface area contributed by atoms with Gasteiger partial charge in [0.2, 0.25) is 0 Å². The van der Waals surface area contributed by atoms with Gasteiger partial charge in [0.1, 0.15) is 17.9 Å². The summed E-state index contributed by atoms with van der Waals surface area (Å²) in [5.74, 6) is 0.916. The topological polar surface area (TPSA) is 73.8 Å². The highest BCUT2D eigenvalue weighted by atomic mass is 16.1. The standard InChI is InChI=1S/C15H20N4O/c1-11(2)19-15(17-10-18-19)9-14(20)8-5-12-3-6-13(16)7-4-12/h3-4,6-7,10-11H,5,8-9,16H2,1-2H3. The molecular weight excluding hydrogens is 252 g/mol. The van der Waals surface area contributed by atoms with E-state index >= 15 is 0 Å². The molecule has 0 saturated carbocycles. The van der Waals surface area contributed by atoms with Gasteiger partial charge in [-0.25, -0.2) is 9.67 Å². The van der Waals surface area contributed by atoms with Gasteiger partial charge in [-0.15, -0.1) is 0 Å². The quantitative estimate of drug-likeness (QED) is 0.818. The van der Waals surface area contributed by atoms with Crippen molar-refractivity contribution in [2.75, 3.05) is 5.73 Å². The van der Waals surface area contributed by atoms with E-state index in [-0.39, 0.29) is 11.8 Å². The van der Waals surface area contributed by atoms with Crippen LogP contribution in [0.25, 0.3) is 0 Å². The minimum absolute atomic E-state index is 0.178. The number of ketones is 1. The number of hydrogen-bond donors (Lipinski definition) is 1. The van der Waals surface area contributed by atoms with Gasteiger partial charge in [-0.3, -0.25) is 4.79 Å². The number of hydrogen-bond acceptors (Lipinski definition) is 4. The predicted molar refractivity (Wildman–Crippen MR) is 78.3 cm³/mol. The molecule has 0 fully saturated rings. The molecule has 2 rings (SSSR count). The van der Waals surface area contributed by atoms with E-state index in [2.05, 4.69) is 10.1 Å². The second kappa shape index (κ2) is 6.32. The van der Waals surface area contributed by atoms with Gasteiger partial charge < -0.3 is 5.73 Å². The molecule has 0 aliphatic rings. The fraction of sp³-hybridized carbons (Fsp3) is 0.400. The zero-order valence-electron chi connectivity index (χ0n) is 11.9. The number of carbonyl (C=O) groups excluding carboxylic acids is 1. The maximum absolute atomic E-state index is 12.0. The first-order valence-corrected chi connectivity index (χ1v) is 6.80. The van der Waals surface area contributed by atoms with E-state index < -0.39 is 0 Å². The number of anilines is 1. The van der Waals surface area contributed by atoms with Gasteiger partial charge in [0, 0.05) is 18.2 Å². The summed E-state index contributed by atoms with van der Waals surface area (Å²) in [5, 5.41) is 4.14. The first-order chi connectivity index (χ1) is 9.56. The van der Waals surface area contributed by atoms with E-state index in [1.54, 1.807) is 4.68 Å². The van der Waals surface area contributed by atoms with Gasteiger partial charge in [0.05, 0.1) is 6.42 Å². The third kappa shape index (κ3) is 3.66. The predicted octanol–water partition coefficient (Wildman–Crippen LogP) is 2.19. The van der Waals surface area contributed by atoms with E-state index in [1.165, 1.54) is 6.33 Å². The largest absolute Gasteiger partial charge is 0.399 e. The molecule has 2 aromatic rings. The number of aryl methyl sites for hydroxylation is 1. The number of nitrogen functional groups attached to an aromatic ring is 1. The van der Waals surface area contributed by atoms with Crippen LogP contribution in [0, 0.1) is 0 Å². The third-order valence-electron chi connectivity index (χ3n) is 3.16. The van der Waals surface area contributed by atoms with Gasteiger partial charge in [0.15, 0.2) is 0 Å². The Labute approximate surface area is 118 Å². The second-order valence-corrected chi connectivity index (χ2v) is 5.17. The first kappa shape index (κ1) is 14.2. The van der Waals surface area contributed by atoms with E-state index in [0.29, 0.717) is 12.8 Å². The minimum Gasteiger partial charge on any atom is -0.399 e. The lowest BCUT2D eigenvalue weighted by molar-refractivity contribution is -0.118. The van der Waals surface area contributed by atoms with Crippen molar-refractivity contribution < 1.29 is 4.79 Å². The lowest BCUT2D eigenvalue weighted by atomic mass is 10.1. The summed E-state index contributed by atoms with van der Waals surface area (Å²) >= 11 is 0. The molecule has 2 N–H and O–H groups in total. The van der Waals surface area contributed by atoms with Crippen molar-refractivity contribution in [1.82, 2.24) is 14.8 Å². The Balaban J connectivity index is 1.89. The third-order valence-corrected chi connectivity index (χ3v) is 3.16. The summed E-state index contributed by atoms with van der Waals surface area (Å²) in [6, 6.07) is 7.85. The van der Waals surface area contributed by atoms with Crippen LogP contribution in [0.15, 0.2) is 30.6 Å². The minimum atomic E-state index is 0.178. The van der Waals surface area contributed by atoms with Crippen molar-refractivity contribution in [2.24, 2.45) is 0 Å². The van der Waals surface area contributed by atoms with Gasteiger partial charge in [-0.1, -0.05) is 12.1 Å².